The number of quaternary nitrogens is 1. The summed E-state index contributed by atoms with van der Waals surface area (Å²) >= 11 is 0. The van der Waals surface area contributed by atoms with E-state index in [0.717, 1.165) is 19.3 Å². The van der Waals surface area contributed by atoms with Crippen LogP contribution in [0.25, 0.3) is 0 Å². The van der Waals surface area contributed by atoms with Gasteiger partial charge in [-0.25, -0.2) is 13.0 Å². The highest BCUT2D eigenvalue weighted by molar-refractivity contribution is 7.92. The first kappa shape index (κ1) is 36.0. The van der Waals surface area contributed by atoms with Crippen molar-refractivity contribution < 1.29 is 36.5 Å². The lowest BCUT2D eigenvalue weighted by Crippen LogP contribution is -2.59. The molecule has 36 heavy (non-hydrogen) atoms. The first-order valence-electron chi connectivity index (χ1n) is 14.0. The SMILES string of the molecule is CCCCCCCCCCCCCCCCS(=O)(=O)C(C(C)COC)C(COP(=O)(O)O)[N+](C)(C)C. The zero-order valence-electron chi connectivity index (χ0n) is 24.0. The van der Waals surface area contributed by atoms with Crippen molar-refractivity contribution in [1.29, 1.82) is 0 Å². The lowest BCUT2D eigenvalue weighted by Gasteiger charge is -2.40. The molecule has 2 N–H and O–H groups in total. The molecule has 0 saturated carbocycles. The van der Waals surface area contributed by atoms with E-state index in [4.69, 9.17) is 9.26 Å². The van der Waals surface area contributed by atoms with Crippen LogP contribution in [0.3, 0.4) is 0 Å². The fraction of sp³-hybridized carbons (Fsp3) is 1.00. The van der Waals surface area contributed by atoms with E-state index in [0.29, 0.717) is 6.42 Å². The van der Waals surface area contributed by atoms with Crippen molar-refractivity contribution >= 4 is 17.7 Å². The van der Waals surface area contributed by atoms with E-state index >= 15 is 0 Å². The van der Waals surface area contributed by atoms with Crippen LogP contribution >= 0.6 is 7.82 Å². The average Bonchev–Trinajstić information content (AvgIpc) is 2.75. The number of rotatable bonds is 24. The minimum atomic E-state index is -4.72. The van der Waals surface area contributed by atoms with E-state index in [1.807, 2.05) is 28.1 Å². The standard InChI is InChI=1S/C26H56NO7PS/c1-7-8-9-10-11-12-13-14-15-16-17-18-19-20-21-36(31,32)26(24(2)22-33-6)25(27(3,4)5)23-34-35(28,29)30/h24-26H,7-23H2,1-6H3,(H-,28,29,30)/p+1. The van der Waals surface area contributed by atoms with E-state index in [9.17, 15) is 22.8 Å². The maximum absolute atomic E-state index is 13.5. The number of phosphoric acid groups is 1. The Kier molecular flexibility index (Phi) is 19.1. The molecule has 0 bridgehead atoms. The molecule has 0 aromatic rings. The molecule has 0 saturated heterocycles. The van der Waals surface area contributed by atoms with Crippen molar-refractivity contribution in [3.8, 4) is 0 Å². The Hall–Kier alpha value is -0.0200. The highest BCUT2D eigenvalue weighted by Crippen LogP contribution is 2.37. The van der Waals surface area contributed by atoms with Gasteiger partial charge in [0.25, 0.3) is 0 Å². The van der Waals surface area contributed by atoms with Crippen LogP contribution in [-0.2, 0) is 23.7 Å². The van der Waals surface area contributed by atoms with Gasteiger partial charge >= 0.3 is 7.82 Å². The molecule has 0 amide bonds. The van der Waals surface area contributed by atoms with Crippen molar-refractivity contribution in [2.24, 2.45) is 5.92 Å². The minimum Gasteiger partial charge on any atom is -0.384 e. The van der Waals surface area contributed by atoms with E-state index in [1.165, 1.54) is 71.3 Å². The second-order valence-corrected chi connectivity index (χ2v) is 14.8. The Balaban J connectivity index is 4.62. The molecule has 8 nitrogen and oxygen atoms in total. The first-order chi connectivity index (χ1) is 16.8. The number of sulfone groups is 1. The Morgan fingerprint density at radius 2 is 1.19 bits per heavy atom. The largest absolute Gasteiger partial charge is 0.469 e. The molecule has 218 valence electrons. The molecule has 0 aliphatic heterocycles. The Morgan fingerprint density at radius 1 is 0.778 bits per heavy atom. The summed E-state index contributed by atoms with van der Waals surface area (Å²) in [6.07, 6.45) is 16.8. The van der Waals surface area contributed by atoms with Gasteiger partial charge < -0.3 is 19.0 Å². The molecule has 0 aliphatic rings. The van der Waals surface area contributed by atoms with Gasteiger partial charge in [0.2, 0.25) is 0 Å². The van der Waals surface area contributed by atoms with Crippen LogP contribution in [0.5, 0.6) is 0 Å². The molecular formula is C26H57NO7PS+. The minimum absolute atomic E-state index is 0.0656. The second kappa shape index (κ2) is 19.1. The Labute approximate surface area is 222 Å². The molecular weight excluding hydrogens is 501 g/mol. The fourth-order valence-electron chi connectivity index (χ4n) is 4.90. The van der Waals surface area contributed by atoms with Crippen LogP contribution in [0.15, 0.2) is 0 Å². The van der Waals surface area contributed by atoms with Crippen LogP contribution in [0.4, 0.5) is 0 Å². The molecule has 0 aromatic carbocycles. The van der Waals surface area contributed by atoms with E-state index in [2.05, 4.69) is 6.92 Å². The number of likely N-dealkylation sites (N-methyl/N-ethyl adjacent to an activating group) is 1. The van der Waals surface area contributed by atoms with Crippen molar-refractivity contribution in [3.05, 3.63) is 0 Å². The molecule has 0 radical (unpaired) electrons. The van der Waals surface area contributed by atoms with Gasteiger partial charge in [0.15, 0.2) is 9.84 Å². The van der Waals surface area contributed by atoms with Crippen molar-refractivity contribution in [2.45, 2.75) is 115 Å². The average molecular weight is 559 g/mol. The normalized spacial score (nSPS) is 15.7. The fourth-order valence-corrected chi connectivity index (χ4v) is 7.83. The maximum atomic E-state index is 13.5. The van der Waals surface area contributed by atoms with Gasteiger partial charge in [-0.1, -0.05) is 97.3 Å². The molecule has 0 aromatic heterocycles. The van der Waals surface area contributed by atoms with Gasteiger partial charge in [0, 0.05) is 13.0 Å². The smallest absolute Gasteiger partial charge is 0.384 e. The van der Waals surface area contributed by atoms with Crippen LogP contribution in [0, 0.1) is 5.92 Å². The Morgan fingerprint density at radius 3 is 1.56 bits per heavy atom. The summed E-state index contributed by atoms with van der Waals surface area (Å²) in [5.41, 5.74) is 0. The molecule has 10 heteroatoms. The third-order valence-corrected chi connectivity index (χ3v) is 9.93. The number of unbranched alkanes of at least 4 members (excludes halogenated alkanes) is 13. The molecule has 0 heterocycles. The number of nitrogens with zero attached hydrogens (tertiary/aromatic N) is 1. The monoisotopic (exact) mass is 558 g/mol. The van der Waals surface area contributed by atoms with Crippen molar-refractivity contribution in [2.75, 3.05) is 47.2 Å². The van der Waals surface area contributed by atoms with Gasteiger partial charge in [-0.3, -0.25) is 4.52 Å². The third-order valence-electron chi connectivity index (χ3n) is 6.98. The van der Waals surface area contributed by atoms with Crippen LogP contribution in [0.2, 0.25) is 0 Å². The summed E-state index contributed by atoms with van der Waals surface area (Å²) in [6, 6.07) is -0.639. The lowest BCUT2D eigenvalue weighted by atomic mass is 10.0. The summed E-state index contributed by atoms with van der Waals surface area (Å²) in [7, 11) is -1.26. The van der Waals surface area contributed by atoms with Crippen molar-refractivity contribution in [1.82, 2.24) is 0 Å². The van der Waals surface area contributed by atoms with Gasteiger partial charge in [-0.2, -0.15) is 0 Å². The first-order valence-corrected chi connectivity index (χ1v) is 17.2. The van der Waals surface area contributed by atoms with Gasteiger partial charge in [0.05, 0.1) is 33.5 Å². The number of hydrogen-bond acceptors (Lipinski definition) is 5. The molecule has 0 spiro atoms. The summed E-state index contributed by atoms with van der Waals surface area (Å²) in [6.45, 7) is 3.96. The summed E-state index contributed by atoms with van der Waals surface area (Å²) < 4.78 is 48.5. The predicted molar refractivity (Wildman–Crippen MR) is 149 cm³/mol. The van der Waals surface area contributed by atoms with Crippen LogP contribution < -0.4 is 0 Å². The molecule has 3 unspecified atom stereocenters. The number of phosphoric ester groups is 1. The molecule has 0 aliphatic carbocycles. The highest BCUT2D eigenvalue weighted by Gasteiger charge is 2.45. The highest BCUT2D eigenvalue weighted by atomic mass is 32.2. The predicted octanol–water partition coefficient (Wildman–Crippen LogP) is 5.72. The molecule has 0 fully saturated rings. The van der Waals surface area contributed by atoms with Crippen LogP contribution in [0.1, 0.15) is 104 Å². The zero-order chi connectivity index (χ0) is 27.7. The van der Waals surface area contributed by atoms with E-state index in [1.54, 1.807) is 0 Å². The number of ether oxygens (including phenoxy) is 1. The lowest BCUT2D eigenvalue weighted by molar-refractivity contribution is -0.896. The quantitative estimate of drug-likeness (QED) is 0.0886. The summed E-state index contributed by atoms with van der Waals surface area (Å²) in [4.78, 5) is 18.4. The second-order valence-electron chi connectivity index (χ2n) is 11.3. The summed E-state index contributed by atoms with van der Waals surface area (Å²) in [5, 5.41) is -0.828. The number of methoxy groups -OCH3 is 1. The van der Waals surface area contributed by atoms with Crippen LogP contribution in [-0.4, -0.2) is 81.2 Å². The van der Waals surface area contributed by atoms with Crippen molar-refractivity contribution in [3.63, 3.8) is 0 Å². The van der Waals surface area contributed by atoms with Gasteiger partial charge in [-0.15, -0.1) is 0 Å². The van der Waals surface area contributed by atoms with E-state index < -0.39 is 29.0 Å². The summed E-state index contributed by atoms with van der Waals surface area (Å²) in [5.74, 6) is -0.273. The van der Waals surface area contributed by atoms with Gasteiger partial charge in [-0.05, 0) is 6.42 Å². The number of hydrogen-bond donors (Lipinski definition) is 2. The Bertz CT molecular complexity index is 691. The molecule has 0 rings (SSSR count). The maximum Gasteiger partial charge on any atom is 0.469 e. The topological polar surface area (TPSA) is 110 Å². The van der Waals surface area contributed by atoms with E-state index in [-0.39, 0.29) is 29.4 Å². The molecule has 3 atom stereocenters. The van der Waals surface area contributed by atoms with Gasteiger partial charge in [0.1, 0.15) is 17.9 Å². The third kappa shape index (κ3) is 17.5. The zero-order valence-corrected chi connectivity index (χ0v) is 25.7.